The summed E-state index contributed by atoms with van der Waals surface area (Å²) in [6.45, 7) is -0.989. The minimum absolute atomic E-state index is 0.131. The molecule has 3 aromatic rings. The summed E-state index contributed by atoms with van der Waals surface area (Å²) in [5, 5.41) is 2.71. The van der Waals surface area contributed by atoms with Crippen molar-refractivity contribution >= 4 is 56.4 Å². The zero-order valence-electron chi connectivity index (χ0n) is 17.1. The van der Waals surface area contributed by atoms with Crippen LogP contribution >= 0.6 is 34.8 Å². The Morgan fingerprint density at radius 2 is 1.56 bits per heavy atom. The molecule has 0 fully saturated rings. The number of alkyl halides is 3. The van der Waals surface area contributed by atoms with Gasteiger partial charge in [0.25, 0.3) is 0 Å². The van der Waals surface area contributed by atoms with Gasteiger partial charge in [0.1, 0.15) is 0 Å². The molecule has 1 N–H and O–H groups in total. The first-order valence-corrected chi connectivity index (χ1v) is 12.1. The van der Waals surface area contributed by atoms with Gasteiger partial charge in [-0.15, -0.1) is 0 Å². The summed E-state index contributed by atoms with van der Waals surface area (Å²) in [7, 11) is -4.22. The van der Waals surface area contributed by atoms with Gasteiger partial charge in [-0.3, -0.25) is 4.79 Å². The van der Waals surface area contributed by atoms with Crippen LogP contribution in [0.4, 0.5) is 18.9 Å². The Kier molecular flexibility index (Phi) is 8.15. The van der Waals surface area contributed by atoms with Crippen LogP contribution in [0.3, 0.4) is 0 Å². The second-order valence-corrected chi connectivity index (χ2v) is 10.2. The summed E-state index contributed by atoms with van der Waals surface area (Å²) in [4.78, 5) is 12.6. The summed E-state index contributed by atoms with van der Waals surface area (Å²) in [5.41, 5.74) is -0.899. The van der Waals surface area contributed by atoms with Crippen molar-refractivity contribution < 1.29 is 26.4 Å². The third-order valence-electron chi connectivity index (χ3n) is 4.64. The van der Waals surface area contributed by atoms with Crippen LogP contribution in [0.1, 0.15) is 11.1 Å². The Bertz CT molecular complexity index is 1300. The van der Waals surface area contributed by atoms with E-state index in [1.165, 1.54) is 24.3 Å². The number of halogens is 6. The number of nitrogens with one attached hydrogen (secondary N) is 1. The van der Waals surface area contributed by atoms with Crippen molar-refractivity contribution in [1.29, 1.82) is 0 Å². The first-order valence-electron chi connectivity index (χ1n) is 9.53. The number of sulfonamides is 1. The standard InChI is InChI=1S/C22H16Cl3F3N2O3S/c23-16-6-8-17(9-7-16)34(32,33)30(12-14-3-1-2-4-18(14)24)13-21(31)29-20-11-15(22(26,27)28)5-10-19(20)25/h1-11H,12-13H2,(H,29,31). The topological polar surface area (TPSA) is 66.5 Å². The van der Waals surface area contributed by atoms with Gasteiger partial charge in [-0.1, -0.05) is 53.0 Å². The molecule has 0 aliphatic carbocycles. The van der Waals surface area contributed by atoms with Crippen LogP contribution in [0.2, 0.25) is 15.1 Å². The second kappa shape index (κ2) is 10.5. The number of anilines is 1. The van der Waals surface area contributed by atoms with Gasteiger partial charge in [0.2, 0.25) is 15.9 Å². The van der Waals surface area contributed by atoms with Crippen LogP contribution in [0.5, 0.6) is 0 Å². The van der Waals surface area contributed by atoms with Gasteiger partial charge in [-0.25, -0.2) is 8.42 Å². The largest absolute Gasteiger partial charge is 0.416 e. The third-order valence-corrected chi connectivity index (χ3v) is 7.40. The molecule has 34 heavy (non-hydrogen) atoms. The minimum Gasteiger partial charge on any atom is -0.324 e. The van der Waals surface area contributed by atoms with E-state index in [4.69, 9.17) is 34.8 Å². The van der Waals surface area contributed by atoms with Crippen LogP contribution in [-0.4, -0.2) is 25.2 Å². The normalized spacial score (nSPS) is 12.1. The van der Waals surface area contributed by atoms with Crippen LogP contribution in [-0.2, 0) is 27.5 Å². The fraction of sp³-hybridized carbons (Fsp3) is 0.136. The zero-order valence-corrected chi connectivity index (χ0v) is 20.2. The highest BCUT2D eigenvalue weighted by Crippen LogP contribution is 2.34. The van der Waals surface area contributed by atoms with Gasteiger partial charge in [-0.05, 0) is 54.1 Å². The first kappa shape index (κ1) is 26.3. The van der Waals surface area contributed by atoms with Crippen molar-refractivity contribution in [2.45, 2.75) is 17.6 Å². The Balaban J connectivity index is 1.92. The van der Waals surface area contributed by atoms with Crippen LogP contribution < -0.4 is 5.32 Å². The summed E-state index contributed by atoms with van der Waals surface area (Å²) < 4.78 is 66.5. The van der Waals surface area contributed by atoms with Crippen molar-refractivity contribution in [3.63, 3.8) is 0 Å². The molecule has 0 unspecified atom stereocenters. The molecule has 3 aromatic carbocycles. The first-order chi connectivity index (χ1) is 15.9. The van der Waals surface area contributed by atoms with E-state index in [9.17, 15) is 26.4 Å². The van der Waals surface area contributed by atoms with Crippen LogP contribution in [0, 0.1) is 0 Å². The lowest BCUT2D eigenvalue weighted by Crippen LogP contribution is -2.37. The molecule has 0 aliphatic rings. The number of hydrogen-bond acceptors (Lipinski definition) is 3. The van der Waals surface area contributed by atoms with E-state index in [0.29, 0.717) is 16.7 Å². The molecule has 0 heterocycles. The number of nitrogens with zero attached hydrogens (tertiary/aromatic N) is 1. The predicted octanol–water partition coefficient (Wildman–Crippen LogP) is 6.50. The Hall–Kier alpha value is -2.30. The molecule has 0 bridgehead atoms. The molecule has 0 radical (unpaired) electrons. The zero-order chi connectivity index (χ0) is 25.1. The Morgan fingerprint density at radius 1 is 0.912 bits per heavy atom. The average molecular weight is 552 g/mol. The lowest BCUT2D eigenvalue weighted by molar-refractivity contribution is -0.137. The second-order valence-electron chi connectivity index (χ2n) is 7.06. The Morgan fingerprint density at radius 3 is 2.18 bits per heavy atom. The van der Waals surface area contributed by atoms with Crippen molar-refractivity contribution in [2.24, 2.45) is 0 Å². The maximum absolute atomic E-state index is 13.3. The summed E-state index contributed by atoms with van der Waals surface area (Å²) in [6.07, 6.45) is -4.65. The van der Waals surface area contributed by atoms with E-state index in [1.807, 2.05) is 0 Å². The van der Waals surface area contributed by atoms with E-state index in [2.05, 4.69) is 5.32 Å². The molecular formula is C22H16Cl3F3N2O3S. The monoisotopic (exact) mass is 550 g/mol. The van der Waals surface area contributed by atoms with Crippen LogP contribution in [0.15, 0.2) is 71.6 Å². The molecular weight excluding hydrogens is 536 g/mol. The number of carbonyl (C=O) groups excluding carboxylic acids is 1. The van der Waals surface area contributed by atoms with Gasteiger partial charge in [-0.2, -0.15) is 17.5 Å². The molecule has 180 valence electrons. The molecule has 12 heteroatoms. The van der Waals surface area contributed by atoms with Gasteiger partial charge in [0, 0.05) is 16.6 Å². The number of amides is 1. The highest BCUT2D eigenvalue weighted by Gasteiger charge is 2.32. The van der Waals surface area contributed by atoms with E-state index in [-0.39, 0.29) is 27.2 Å². The Labute approximate surface area is 209 Å². The van der Waals surface area contributed by atoms with E-state index in [0.717, 1.165) is 16.4 Å². The third kappa shape index (κ3) is 6.43. The molecule has 0 atom stereocenters. The molecule has 3 rings (SSSR count). The number of rotatable bonds is 7. The summed E-state index contributed by atoms with van der Waals surface area (Å²) in [6, 6.07) is 14.2. The molecule has 0 aromatic heterocycles. The van der Waals surface area contributed by atoms with Crippen molar-refractivity contribution in [1.82, 2.24) is 4.31 Å². The number of carbonyl (C=O) groups is 1. The highest BCUT2D eigenvalue weighted by atomic mass is 35.5. The van der Waals surface area contributed by atoms with Crippen molar-refractivity contribution in [3.8, 4) is 0 Å². The minimum atomic E-state index is -4.65. The van der Waals surface area contributed by atoms with Crippen molar-refractivity contribution in [3.05, 3.63) is 92.9 Å². The summed E-state index contributed by atoms with van der Waals surface area (Å²) >= 11 is 17.9. The molecule has 0 saturated carbocycles. The van der Waals surface area contributed by atoms with E-state index < -0.39 is 34.2 Å². The molecule has 5 nitrogen and oxygen atoms in total. The lowest BCUT2D eigenvalue weighted by Gasteiger charge is -2.23. The fourth-order valence-corrected chi connectivity index (χ4v) is 4.81. The fourth-order valence-electron chi connectivity index (χ4n) is 2.95. The van der Waals surface area contributed by atoms with Gasteiger partial charge in [0.15, 0.2) is 0 Å². The molecule has 0 spiro atoms. The van der Waals surface area contributed by atoms with E-state index >= 15 is 0 Å². The molecule has 1 amide bonds. The maximum atomic E-state index is 13.3. The molecule has 0 saturated heterocycles. The van der Waals surface area contributed by atoms with Crippen LogP contribution in [0.25, 0.3) is 0 Å². The smallest absolute Gasteiger partial charge is 0.324 e. The van der Waals surface area contributed by atoms with Gasteiger partial charge in [0.05, 0.1) is 27.7 Å². The number of benzene rings is 3. The van der Waals surface area contributed by atoms with Gasteiger partial charge < -0.3 is 5.32 Å². The quantitative estimate of drug-likeness (QED) is 0.365. The molecule has 0 aliphatic heterocycles. The van der Waals surface area contributed by atoms with Crippen molar-refractivity contribution in [2.75, 3.05) is 11.9 Å². The summed E-state index contributed by atoms with van der Waals surface area (Å²) in [5.74, 6) is -0.897. The highest BCUT2D eigenvalue weighted by molar-refractivity contribution is 7.89. The maximum Gasteiger partial charge on any atom is 0.416 e. The predicted molar refractivity (Wildman–Crippen MR) is 126 cm³/mol. The average Bonchev–Trinajstić information content (AvgIpc) is 2.75. The van der Waals surface area contributed by atoms with E-state index in [1.54, 1.807) is 24.3 Å². The number of hydrogen-bond donors (Lipinski definition) is 1. The van der Waals surface area contributed by atoms with Gasteiger partial charge >= 0.3 is 6.18 Å². The lowest BCUT2D eigenvalue weighted by atomic mass is 10.2. The SMILES string of the molecule is O=C(CN(Cc1ccccc1Cl)S(=O)(=O)c1ccc(Cl)cc1)Nc1cc(C(F)(F)F)ccc1Cl.